The third kappa shape index (κ3) is 2.99. The minimum absolute atomic E-state index is 0.0631. The van der Waals surface area contributed by atoms with Crippen molar-refractivity contribution in [2.45, 2.75) is 31.4 Å². The third-order valence-electron chi connectivity index (χ3n) is 3.38. The molecule has 1 aliphatic heterocycles. The molecule has 0 aliphatic carbocycles. The van der Waals surface area contributed by atoms with Crippen LogP contribution in [0.3, 0.4) is 0 Å². The molecule has 0 bridgehead atoms. The van der Waals surface area contributed by atoms with Gasteiger partial charge < -0.3 is 10.4 Å². The molecule has 3 nitrogen and oxygen atoms in total. The number of hydrogen-bond acceptors (Lipinski definition) is 3. The van der Waals surface area contributed by atoms with Gasteiger partial charge in [-0.2, -0.15) is 11.8 Å². The molecule has 98 valence electrons. The van der Waals surface area contributed by atoms with E-state index in [1.807, 2.05) is 11.8 Å². The maximum atomic E-state index is 12.0. The first-order valence-electron chi connectivity index (χ1n) is 6.22. The molecule has 0 spiro atoms. The number of phenolic OH excluding ortho intramolecular Hbond substituents is 1. The highest BCUT2D eigenvalue weighted by molar-refractivity contribution is 8.00. The summed E-state index contributed by atoms with van der Waals surface area (Å²) in [4.78, 5) is 12.0. The van der Waals surface area contributed by atoms with Gasteiger partial charge in [-0.05, 0) is 56.2 Å². The largest absolute Gasteiger partial charge is 0.508 e. The number of amides is 1. The summed E-state index contributed by atoms with van der Waals surface area (Å²) in [5.74, 6) is 1.35. The molecular weight excluding hydrogens is 246 g/mol. The van der Waals surface area contributed by atoms with Gasteiger partial charge in [-0.3, -0.25) is 4.79 Å². The lowest BCUT2D eigenvalue weighted by Crippen LogP contribution is -2.36. The van der Waals surface area contributed by atoms with Crippen molar-refractivity contribution in [3.05, 3.63) is 29.3 Å². The quantitative estimate of drug-likeness (QED) is 0.883. The number of carbonyl (C=O) groups is 1. The van der Waals surface area contributed by atoms with Gasteiger partial charge in [-0.25, -0.2) is 0 Å². The van der Waals surface area contributed by atoms with E-state index in [0.717, 1.165) is 12.0 Å². The maximum Gasteiger partial charge on any atom is 0.251 e. The van der Waals surface area contributed by atoms with Crippen LogP contribution < -0.4 is 5.32 Å². The summed E-state index contributed by atoms with van der Waals surface area (Å²) in [5, 5.41) is 12.4. The number of aromatic hydroxyl groups is 1. The number of hydrogen-bond donors (Lipinski definition) is 2. The molecule has 2 rings (SSSR count). The normalized spacial score (nSPS) is 23.0. The van der Waals surface area contributed by atoms with Gasteiger partial charge in [0.1, 0.15) is 5.75 Å². The number of aryl methyl sites for hydroxylation is 1. The summed E-state index contributed by atoms with van der Waals surface area (Å²) in [5.41, 5.74) is 1.33. The number of rotatable bonds is 3. The lowest BCUT2D eigenvalue weighted by molar-refractivity contribution is 0.0950. The fraction of sp³-hybridized carbons (Fsp3) is 0.500. The Morgan fingerprint density at radius 3 is 2.94 bits per heavy atom. The summed E-state index contributed by atoms with van der Waals surface area (Å²) in [7, 11) is 0. The number of benzene rings is 1. The van der Waals surface area contributed by atoms with Crippen LogP contribution in [0, 0.1) is 6.92 Å². The Morgan fingerprint density at radius 1 is 1.56 bits per heavy atom. The average Bonchev–Trinajstić information content (AvgIpc) is 2.77. The van der Waals surface area contributed by atoms with Gasteiger partial charge in [0.25, 0.3) is 5.91 Å². The number of carbonyl (C=O) groups excluding carboxylic acids is 1. The summed E-state index contributed by atoms with van der Waals surface area (Å²) >= 11 is 1.93. The fourth-order valence-electron chi connectivity index (χ4n) is 2.14. The highest BCUT2D eigenvalue weighted by Crippen LogP contribution is 2.37. The summed E-state index contributed by atoms with van der Waals surface area (Å²) in [6, 6.07) is 4.94. The van der Waals surface area contributed by atoms with Crippen LogP contribution in [-0.2, 0) is 0 Å². The van der Waals surface area contributed by atoms with Crippen LogP contribution in [0.5, 0.6) is 5.75 Å². The first-order valence-corrected chi connectivity index (χ1v) is 7.20. The summed E-state index contributed by atoms with van der Waals surface area (Å²) in [6.07, 6.45) is 2.39. The zero-order chi connectivity index (χ0) is 13.2. The molecule has 1 aromatic rings. The van der Waals surface area contributed by atoms with Crippen molar-refractivity contribution in [1.82, 2.24) is 5.32 Å². The first kappa shape index (κ1) is 13.3. The van der Waals surface area contributed by atoms with Gasteiger partial charge in [-0.15, -0.1) is 0 Å². The number of nitrogens with one attached hydrogen (secondary N) is 1. The van der Waals surface area contributed by atoms with E-state index >= 15 is 0 Å². The van der Waals surface area contributed by atoms with Crippen molar-refractivity contribution in [2.75, 3.05) is 12.3 Å². The van der Waals surface area contributed by atoms with E-state index in [-0.39, 0.29) is 16.4 Å². The predicted molar refractivity (Wildman–Crippen MR) is 75.3 cm³/mol. The Labute approximate surface area is 112 Å². The second-order valence-corrected chi connectivity index (χ2v) is 6.77. The Bertz CT molecular complexity index is 453. The minimum Gasteiger partial charge on any atom is -0.508 e. The van der Waals surface area contributed by atoms with Crippen LogP contribution in [-0.4, -0.2) is 28.1 Å². The topological polar surface area (TPSA) is 49.3 Å². The Balaban J connectivity index is 1.97. The molecule has 1 fully saturated rings. The average molecular weight is 265 g/mol. The van der Waals surface area contributed by atoms with Gasteiger partial charge in [-0.1, -0.05) is 0 Å². The lowest BCUT2D eigenvalue weighted by Gasteiger charge is -2.22. The zero-order valence-electron chi connectivity index (χ0n) is 10.8. The smallest absolute Gasteiger partial charge is 0.251 e. The van der Waals surface area contributed by atoms with Gasteiger partial charge in [0.05, 0.1) is 0 Å². The van der Waals surface area contributed by atoms with Crippen molar-refractivity contribution < 1.29 is 9.90 Å². The molecule has 1 atom stereocenters. The lowest BCUT2D eigenvalue weighted by atomic mass is 10.1. The van der Waals surface area contributed by atoms with Crippen LogP contribution in [0.15, 0.2) is 18.2 Å². The van der Waals surface area contributed by atoms with E-state index in [9.17, 15) is 9.90 Å². The van der Waals surface area contributed by atoms with Crippen LogP contribution >= 0.6 is 11.8 Å². The van der Waals surface area contributed by atoms with Gasteiger partial charge in [0.15, 0.2) is 0 Å². The highest BCUT2D eigenvalue weighted by Gasteiger charge is 2.29. The SMILES string of the molecule is Cc1cc(C(=O)NCC2(C)CCCS2)ccc1O. The molecule has 4 heteroatoms. The van der Waals surface area contributed by atoms with E-state index in [1.54, 1.807) is 25.1 Å². The molecular formula is C14H19NO2S. The van der Waals surface area contributed by atoms with E-state index in [0.29, 0.717) is 12.1 Å². The molecule has 1 saturated heterocycles. The molecule has 2 N–H and O–H groups in total. The monoisotopic (exact) mass is 265 g/mol. The Hall–Kier alpha value is -1.16. The second kappa shape index (κ2) is 5.22. The van der Waals surface area contributed by atoms with Crippen LogP contribution in [0.25, 0.3) is 0 Å². The summed E-state index contributed by atoms with van der Waals surface area (Å²) < 4.78 is 0.182. The fourth-order valence-corrected chi connectivity index (χ4v) is 3.39. The van der Waals surface area contributed by atoms with Crippen LogP contribution in [0.4, 0.5) is 0 Å². The van der Waals surface area contributed by atoms with Gasteiger partial charge in [0, 0.05) is 16.9 Å². The Morgan fingerprint density at radius 2 is 2.33 bits per heavy atom. The van der Waals surface area contributed by atoms with Gasteiger partial charge >= 0.3 is 0 Å². The molecule has 1 aromatic carbocycles. The molecule has 1 unspecified atom stereocenters. The molecule has 0 saturated carbocycles. The minimum atomic E-state index is -0.0631. The number of phenols is 1. The highest BCUT2D eigenvalue weighted by atomic mass is 32.2. The van der Waals surface area contributed by atoms with E-state index < -0.39 is 0 Å². The van der Waals surface area contributed by atoms with Crippen molar-refractivity contribution >= 4 is 17.7 Å². The summed E-state index contributed by atoms with van der Waals surface area (Å²) in [6.45, 7) is 4.70. The van der Waals surface area contributed by atoms with Crippen LogP contribution in [0.1, 0.15) is 35.7 Å². The standard InChI is InChI=1S/C14H19NO2S/c1-10-8-11(4-5-12(10)16)13(17)15-9-14(2)6-3-7-18-14/h4-5,8,16H,3,6-7,9H2,1-2H3,(H,15,17). The van der Waals surface area contributed by atoms with Gasteiger partial charge in [0.2, 0.25) is 0 Å². The molecule has 0 aromatic heterocycles. The second-order valence-electron chi connectivity index (χ2n) is 5.09. The molecule has 1 heterocycles. The van der Waals surface area contributed by atoms with Crippen molar-refractivity contribution in [1.29, 1.82) is 0 Å². The predicted octanol–water partition coefficient (Wildman–Crippen LogP) is 2.72. The van der Waals surface area contributed by atoms with E-state index in [1.165, 1.54) is 12.2 Å². The number of thioether (sulfide) groups is 1. The van der Waals surface area contributed by atoms with E-state index in [2.05, 4.69) is 12.2 Å². The van der Waals surface area contributed by atoms with Crippen molar-refractivity contribution in [2.24, 2.45) is 0 Å². The molecule has 0 radical (unpaired) electrons. The molecule has 1 aliphatic rings. The maximum absolute atomic E-state index is 12.0. The molecule has 1 amide bonds. The molecule has 18 heavy (non-hydrogen) atoms. The van der Waals surface area contributed by atoms with Crippen molar-refractivity contribution in [3.63, 3.8) is 0 Å². The third-order valence-corrected chi connectivity index (χ3v) is 4.92. The zero-order valence-corrected chi connectivity index (χ0v) is 11.6. The Kier molecular flexibility index (Phi) is 3.85. The first-order chi connectivity index (χ1) is 8.50. The van der Waals surface area contributed by atoms with E-state index in [4.69, 9.17) is 0 Å². The van der Waals surface area contributed by atoms with Crippen LogP contribution in [0.2, 0.25) is 0 Å². The van der Waals surface area contributed by atoms with Crippen molar-refractivity contribution in [3.8, 4) is 5.75 Å².